The number of hydrogen-bond donors (Lipinski definition) is 0. The van der Waals surface area contributed by atoms with Gasteiger partial charge in [0.1, 0.15) is 0 Å². The molecule has 0 saturated heterocycles. The molecule has 346 valence electrons. The molecule has 0 aromatic heterocycles. The summed E-state index contributed by atoms with van der Waals surface area (Å²) in [4.78, 5) is 113. The normalized spacial score (nSPS) is 28.0. The first-order valence-electron chi connectivity index (χ1n) is 21.6. The van der Waals surface area contributed by atoms with Gasteiger partial charge in [0.05, 0.1) is 26.4 Å². The van der Waals surface area contributed by atoms with Crippen molar-refractivity contribution < 1.29 is 96.7 Å². The molecule has 4 aliphatic rings. The Kier molecular flexibility index (Phi) is 17.8. The first-order valence-corrected chi connectivity index (χ1v) is 21.6. The van der Waals surface area contributed by atoms with Crippen LogP contribution in [0.2, 0.25) is 0 Å². The molecular weight excluding hydrogens is 891 g/mol. The maximum Gasteiger partial charge on any atom is 2.00 e. The van der Waals surface area contributed by atoms with Crippen LogP contribution in [0.3, 0.4) is 0 Å². The van der Waals surface area contributed by atoms with Crippen LogP contribution < -0.4 is 0 Å². The molecule has 0 aromatic rings. The summed E-state index contributed by atoms with van der Waals surface area (Å²) in [7, 11) is 0. The van der Waals surface area contributed by atoms with Gasteiger partial charge in [-0.25, -0.2) is 19.2 Å². The van der Waals surface area contributed by atoms with E-state index in [1.165, 1.54) is 27.7 Å². The molecule has 0 aliphatic heterocycles. The molecule has 4 aliphatic carbocycles. The van der Waals surface area contributed by atoms with Gasteiger partial charge in [-0.3, -0.25) is 31.0 Å². The van der Waals surface area contributed by atoms with Gasteiger partial charge in [0.15, 0.2) is 36.4 Å². The molecule has 17 heteroatoms. The monoisotopic (exact) mass is 954 g/mol. The predicted molar refractivity (Wildman–Crippen MR) is 209 cm³/mol. The van der Waals surface area contributed by atoms with Crippen molar-refractivity contribution in [2.45, 2.75) is 158 Å². The number of carbonyl (C=O) groups excluding carboxylic acids is 8. The molecule has 0 aromatic carbocycles. The Bertz CT molecular complexity index is 1520. The molecule has 0 bridgehead atoms. The van der Waals surface area contributed by atoms with Crippen LogP contribution >= 0.6 is 0 Å². The molecule has 0 radical (unpaired) electrons. The van der Waals surface area contributed by atoms with Crippen LogP contribution in [0.5, 0.6) is 0 Å². The van der Waals surface area contributed by atoms with E-state index >= 15 is 9.59 Å². The molecule has 4 saturated carbocycles. The van der Waals surface area contributed by atoms with Crippen molar-refractivity contribution in [1.29, 1.82) is 0 Å². The van der Waals surface area contributed by atoms with Crippen LogP contribution in [0, 0.1) is 45.3 Å². The van der Waals surface area contributed by atoms with Crippen molar-refractivity contribution in [2.24, 2.45) is 33.5 Å². The van der Waals surface area contributed by atoms with E-state index in [-0.39, 0.29) is 58.7 Å². The van der Waals surface area contributed by atoms with Crippen LogP contribution in [0.1, 0.15) is 133 Å². The zero-order chi connectivity index (χ0) is 44.8. The molecule has 0 N–H and O–H groups in total. The Morgan fingerprint density at radius 1 is 0.459 bits per heavy atom. The van der Waals surface area contributed by atoms with Crippen LogP contribution in [0.25, 0.3) is 0 Å². The second-order valence-corrected chi connectivity index (χ2v) is 16.5. The van der Waals surface area contributed by atoms with Crippen LogP contribution in [0.15, 0.2) is 0 Å². The average Bonchev–Trinajstić information content (AvgIpc) is 4.03. The van der Waals surface area contributed by atoms with E-state index in [0.29, 0.717) is 51.4 Å². The van der Waals surface area contributed by atoms with E-state index < -0.39 is 106 Å². The zero-order valence-corrected chi connectivity index (χ0v) is 38.8. The average molecular weight is 955 g/mol. The van der Waals surface area contributed by atoms with E-state index in [1.807, 2.05) is 0 Å². The number of rotatable bonds is 19. The Hall–Kier alpha value is -3.84. The third kappa shape index (κ3) is 9.02. The van der Waals surface area contributed by atoms with Gasteiger partial charge in [0, 0.05) is 0 Å². The van der Waals surface area contributed by atoms with Gasteiger partial charge in [-0.05, 0) is 55.4 Å². The van der Waals surface area contributed by atoms with E-state index in [4.69, 9.17) is 37.9 Å². The van der Waals surface area contributed by atoms with Crippen LogP contribution in [-0.2, 0) is 96.7 Å². The number of esters is 8. The predicted octanol–water partition coefficient (Wildman–Crippen LogP) is 5.29. The van der Waals surface area contributed by atoms with Crippen molar-refractivity contribution >= 4 is 47.8 Å². The summed E-state index contributed by atoms with van der Waals surface area (Å²) in [5.41, 5.74) is -8.18. The summed E-state index contributed by atoms with van der Waals surface area (Å²) in [5, 5.41) is 0. The first-order chi connectivity index (χ1) is 28.3. The van der Waals surface area contributed by atoms with Gasteiger partial charge in [0.2, 0.25) is 0 Å². The quantitative estimate of drug-likeness (QED) is 0.0697. The van der Waals surface area contributed by atoms with Gasteiger partial charge in [-0.2, -0.15) is 0 Å². The summed E-state index contributed by atoms with van der Waals surface area (Å²) >= 11 is 0. The van der Waals surface area contributed by atoms with E-state index in [9.17, 15) is 28.8 Å². The maximum atomic E-state index is 15.7. The molecule has 0 unspecified atom stereocenters. The van der Waals surface area contributed by atoms with Gasteiger partial charge >= 0.3 is 44.3 Å². The summed E-state index contributed by atoms with van der Waals surface area (Å²) in [5.74, 6) is -9.76. The fourth-order valence-corrected chi connectivity index (χ4v) is 10.5. The zero-order valence-electron chi connectivity index (χ0n) is 37.2. The third-order valence-electron chi connectivity index (χ3n) is 13.3. The molecule has 4 rings (SSSR count). The Morgan fingerprint density at radius 2 is 0.705 bits per heavy atom. The topological polar surface area (TPSA) is 210 Å². The molecule has 16 nitrogen and oxygen atoms in total. The Labute approximate surface area is 372 Å². The molecule has 0 amide bonds. The Morgan fingerprint density at radius 3 is 0.951 bits per heavy atom. The van der Waals surface area contributed by atoms with Crippen molar-refractivity contribution in [2.75, 3.05) is 26.4 Å². The molecule has 0 spiro atoms. The molecule has 4 fully saturated rings. The standard InChI is InChI=1S/C44H64O16.Pd/c1-11-53-33(45)25(5)57-37(49)31-41(9,29-21-17-15-18-22-29)43(31,39(51)59-27(7)35(47)55-13-3)44(40(52)60-28(8)36(48)56-14-4)32(38(50)58-26(6)34(46)54-12-2)42(44,10)30-23-19-16-20-24-30;/h25-30H,11-24H2,1-10H3;/q-2;+2/t25-,26-,27-,28-,41+,42+,43+,44+;/m0./s1. The minimum atomic E-state index is -2.45. The van der Waals surface area contributed by atoms with Crippen molar-refractivity contribution in [1.82, 2.24) is 0 Å². The fourth-order valence-electron chi connectivity index (χ4n) is 10.5. The summed E-state index contributed by atoms with van der Waals surface area (Å²) in [6.07, 6.45) is 0.327. The molecule has 8 atom stereocenters. The summed E-state index contributed by atoms with van der Waals surface area (Å²) in [6.45, 7) is 14.6. The maximum absolute atomic E-state index is 15.7. The van der Waals surface area contributed by atoms with Crippen molar-refractivity contribution in [3.05, 3.63) is 11.8 Å². The van der Waals surface area contributed by atoms with Crippen LogP contribution in [-0.4, -0.2) is 98.6 Å². The van der Waals surface area contributed by atoms with Gasteiger partial charge in [-0.15, -0.1) is 10.8 Å². The van der Waals surface area contributed by atoms with E-state index in [2.05, 4.69) is 0 Å². The van der Waals surface area contributed by atoms with E-state index in [1.54, 1.807) is 41.5 Å². The van der Waals surface area contributed by atoms with Gasteiger partial charge in [-0.1, -0.05) is 101 Å². The second-order valence-electron chi connectivity index (χ2n) is 16.5. The van der Waals surface area contributed by atoms with Gasteiger partial charge < -0.3 is 37.9 Å². The summed E-state index contributed by atoms with van der Waals surface area (Å²) < 4.78 is 44.2. The third-order valence-corrected chi connectivity index (χ3v) is 13.3. The second kappa shape index (κ2) is 21.0. The minimum Gasteiger partial charge on any atom is -0.473 e. The minimum absolute atomic E-state index is 0. The summed E-state index contributed by atoms with van der Waals surface area (Å²) in [6, 6.07) is 0. The van der Waals surface area contributed by atoms with E-state index in [0.717, 1.165) is 12.8 Å². The first kappa shape index (κ1) is 51.5. The van der Waals surface area contributed by atoms with Crippen molar-refractivity contribution in [3.63, 3.8) is 0 Å². The largest absolute Gasteiger partial charge is 2.00 e. The van der Waals surface area contributed by atoms with Crippen molar-refractivity contribution in [3.8, 4) is 0 Å². The number of ether oxygens (including phenoxy) is 8. The van der Waals surface area contributed by atoms with Crippen LogP contribution in [0.4, 0.5) is 0 Å². The molecular formula is C44H64O16Pd. The number of hydrogen-bond acceptors (Lipinski definition) is 16. The fraction of sp³-hybridized carbons (Fsp3) is 0.773. The van der Waals surface area contributed by atoms with Gasteiger partial charge in [0.25, 0.3) is 11.9 Å². The number of carbonyl (C=O) groups is 8. The Balaban J connectivity index is 0.00000992. The molecule has 0 heterocycles. The smallest absolute Gasteiger partial charge is 0.473 e. The SMILES string of the molecule is CCOC(=O)[C@H](C)OC(=O)[C-]1[C@](C(=O)O[C@@H](C)C(=O)OCC)([C@@]2(C(=O)O[C@@H](C)C(=O)OCC)[C-](C(=O)O[C@@H](C)C(=O)OCC)[C@@]2(C)C2CCCCC2)[C@]1(C)C1CCCCC1.[Pd+2]. The molecule has 61 heavy (non-hydrogen) atoms.